The van der Waals surface area contributed by atoms with E-state index in [1.165, 1.54) is 24.4 Å². The maximum Gasteiger partial charge on any atom is 0.435 e. The fraction of sp³-hybridized carbons (Fsp3) is 0.381. The fourth-order valence-corrected chi connectivity index (χ4v) is 2.38. The first-order valence-electron chi connectivity index (χ1n) is 9.49. The SMILES string of the molecule is CC(C)(C)OC(=O)NN(C(=O)OC(C)(C)C)c1ccc(-c2cccc([N+](=O)[O-])c2)cn1. The van der Waals surface area contributed by atoms with Crippen molar-refractivity contribution in [3.63, 3.8) is 0 Å². The van der Waals surface area contributed by atoms with Crippen molar-refractivity contribution in [2.24, 2.45) is 0 Å². The van der Waals surface area contributed by atoms with E-state index in [-0.39, 0.29) is 11.5 Å². The van der Waals surface area contributed by atoms with Crippen LogP contribution in [0, 0.1) is 10.1 Å². The lowest BCUT2D eigenvalue weighted by atomic mass is 10.1. The van der Waals surface area contributed by atoms with Gasteiger partial charge >= 0.3 is 12.2 Å². The average molecular weight is 430 g/mol. The lowest BCUT2D eigenvalue weighted by molar-refractivity contribution is -0.384. The number of rotatable bonds is 3. The second-order valence-corrected chi connectivity index (χ2v) is 8.64. The molecule has 0 saturated carbocycles. The van der Waals surface area contributed by atoms with Crippen LogP contribution in [-0.4, -0.2) is 33.3 Å². The highest BCUT2D eigenvalue weighted by atomic mass is 16.6. The molecule has 0 saturated heterocycles. The van der Waals surface area contributed by atoms with E-state index in [0.29, 0.717) is 11.1 Å². The molecule has 0 unspecified atom stereocenters. The van der Waals surface area contributed by atoms with Crippen LogP contribution < -0.4 is 10.4 Å². The summed E-state index contributed by atoms with van der Waals surface area (Å²) in [7, 11) is 0. The van der Waals surface area contributed by atoms with Crippen LogP contribution in [-0.2, 0) is 9.47 Å². The van der Waals surface area contributed by atoms with E-state index in [9.17, 15) is 19.7 Å². The quantitative estimate of drug-likeness (QED) is 0.546. The molecular formula is C21H26N4O6. The summed E-state index contributed by atoms with van der Waals surface area (Å²) in [6.07, 6.45) is -0.278. The van der Waals surface area contributed by atoms with Gasteiger partial charge in [0.05, 0.1) is 4.92 Å². The third-order valence-corrected chi connectivity index (χ3v) is 3.55. The number of nitro benzene ring substituents is 1. The molecule has 1 heterocycles. The zero-order chi connectivity index (χ0) is 23.4. The zero-order valence-corrected chi connectivity index (χ0v) is 18.3. The highest BCUT2D eigenvalue weighted by Gasteiger charge is 2.28. The van der Waals surface area contributed by atoms with Crippen LogP contribution in [0.3, 0.4) is 0 Å². The van der Waals surface area contributed by atoms with E-state index in [0.717, 1.165) is 5.01 Å². The van der Waals surface area contributed by atoms with Crippen LogP contribution in [0.4, 0.5) is 21.1 Å². The highest BCUT2D eigenvalue weighted by molar-refractivity contribution is 5.90. The largest absolute Gasteiger partial charge is 0.443 e. The Morgan fingerprint density at radius 3 is 2.16 bits per heavy atom. The Bertz CT molecular complexity index is 961. The number of amides is 2. The van der Waals surface area contributed by atoms with E-state index in [4.69, 9.17) is 9.47 Å². The Balaban J connectivity index is 2.32. The number of carbonyl (C=O) groups is 2. The minimum Gasteiger partial charge on any atom is -0.443 e. The number of hydrogen-bond donors (Lipinski definition) is 1. The third kappa shape index (κ3) is 7.25. The molecule has 0 bridgehead atoms. The van der Waals surface area contributed by atoms with Crippen LogP contribution >= 0.6 is 0 Å². The Hall–Kier alpha value is -3.69. The highest BCUT2D eigenvalue weighted by Crippen LogP contribution is 2.25. The van der Waals surface area contributed by atoms with Crippen molar-refractivity contribution in [1.82, 2.24) is 10.4 Å². The number of hydrogen-bond acceptors (Lipinski definition) is 7. The predicted octanol–water partition coefficient (Wildman–Crippen LogP) is 4.84. The summed E-state index contributed by atoms with van der Waals surface area (Å²) in [5.74, 6) is 0.0780. The normalized spacial score (nSPS) is 11.4. The maximum absolute atomic E-state index is 12.7. The molecule has 0 aliphatic rings. The first-order valence-corrected chi connectivity index (χ1v) is 9.49. The second kappa shape index (κ2) is 8.99. The molecule has 31 heavy (non-hydrogen) atoms. The van der Waals surface area contributed by atoms with Crippen LogP contribution in [0.1, 0.15) is 41.5 Å². The van der Waals surface area contributed by atoms with Gasteiger partial charge in [0.1, 0.15) is 11.2 Å². The molecule has 10 heteroatoms. The molecule has 0 fully saturated rings. The maximum atomic E-state index is 12.7. The molecule has 10 nitrogen and oxygen atoms in total. The molecule has 0 atom stereocenters. The van der Waals surface area contributed by atoms with Gasteiger partial charge in [-0.25, -0.2) is 20.0 Å². The van der Waals surface area contributed by atoms with Crippen molar-refractivity contribution in [2.75, 3.05) is 5.01 Å². The van der Waals surface area contributed by atoms with Gasteiger partial charge in [0.25, 0.3) is 5.69 Å². The number of pyridine rings is 1. The molecule has 0 aliphatic heterocycles. The number of aromatic nitrogens is 1. The van der Waals surface area contributed by atoms with E-state index in [2.05, 4.69) is 10.4 Å². The lowest BCUT2D eigenvalue weighted by Gasteiger charge is -2.28. The van der Waals surface area contributed by atoms with E-state index >= 15 is 0 Å². The van der Waals surface area contributed by atoms with Crippen molar-refractivity contribution < 1.29 is 24.0 Å². The standard InChI is InChI=1S/C21H26N4O6/c1-20(2,3)30-18(26)23-24(19(27)31-21(4,5)6)17-11-10-15(13-22-17)14-8-7-9-16(12-14)25(28)29/h7-13H,1-6H3,(H,23,26). The summed E-state index contributed by atoms with van der Waals surface area (Å²) in [6.45, 7) is 10.1. The molecule has 2 rings (SSSR count). The summed E-state index contributed by atoms with van der Waals surface area (Å²) in [6, 6.07) is 9.18. The first kappa shape index (κ1) is 23.6. The minimum atomic E-state index is -0.858. The first-order chi connectivity index (χ1) is 14.2. The van der Waals surface area contributed by atoms with E-state index in [1.54, 1.807) is 59.7 Å². The van der Waals surface area contributed by atoms with Crippen molar-refractivity contribution in [3.05, 3.63) is 52.7 Å². The number of hydrazine groups is 1. The molecule has 1 aromatic carbocycles. The van der Waals surface area contributed by atoms with Gasteiger partial charge < -0.3 is 9.47 Å². The number of nitrogens with zero attached hydrogens (tertiary/aromatic N) is 3. The number of non-ortho nitro benzene ring substituents is 1. The number of ether oxygens (including phenoxy) is 2. The molecule has 166 valence electrons. The molecule has 1 aromatic heterocycles. The van der Waals surface area contributed by atoms with Crippen molar-refractivity contribution in [3.8, 4) is 11.1 Å². The van der Waals surface area contributed by atoms with E-state index in [1.807, 2.05) is 0 Å². The van der Waals surface area contributed by atoms with E-state index < -0.39 is 28.3 Å². The van der Waals surface area contributed by atoms with Gasteiger partial charge in [0.15, 0.2) is 5.82 Å². The Morgan fingerprint density at radius 2 is 1.65 bits per heavy atom. The van der Waals surface area contributed by atoms with Crippen molar-refractivity contribution in [2.45, 2.75) is 52.7 Å². The smallest absolute Gasteiger partial charge is 0.435 e. The second-order valence-electron chi connectivity index (χ2n) is 8.64. The summed E-state index contributed by atoms with van der Waals surface area (Å²) in [5.41, 5.74) is 1.87. The Morgan fingerprint density at radius 1 is 1.00 bits per heavy atom. The summed E-state index contributed by atoms with van der Waals surface area (Å²) in [5, 5.41) is 11.8. The Kier molecular flexibility index (Phi) is 6.84. The van der Waals surface area contributed by atoms with Crippen LogP contribution in [0.25, 0.3) is 11.1 Å². The van der Waals surface area contributed by atoms with Crippen molar-refractivity contribution in [1.29, 1.82) is 0 Å². The zero-order valence-electron chi connectivity index (χ0n) is 18.3. The Labute approximate surface area is 180 Å². The predicted molar refractivity (Wildman–Crippen MR) is 114 cm³/mol. The molecule has 0 spiro atoms. The lowest BCUT2D eigenvalue weighted by Crippen LogP contribution is -2.50. The summed E-state index contributed by atoms with van der Waals surface area (Å²) in [4.78, 5) is 39.6. The summed E-state index contributed by atoms with van der Waals surface area (Å²) >= 11 is 0. The average Bonchev–Trinajstić information content (AvgIpc) is 2.63. The number of nitro groups is 1. The van der Waals surface area contributed by atoms with Gasteiger partial charge in [-0.15, -0.1) is 0 Å². The number of nitrogens with one attached hydrogen (secondary N) is 1. The molecular weight excluding hydrogens is 404 g/mol. The topological polar surface area (TPSA) is 124 Å². The van der Waals surface area contributed by atoms with Gasteiger partial charge in [-0.05, 0) is 59.2 Å². The van der Waals surface area contributed by atoms with Crippen LogP contribution in [0.2, 0.25) is 0 Å². The van der Waals surface area contributed by atoms with Gasteiger partial charge in [-0.1, -0.05) is 12.1 Å². The number of carbonyl (C=O) groups excluding carboxylic acids is 2. The van der Waals surface area contributed by atoms with Gasteiger partial charge in [0, 0.05) is 23.9 Å². The molecule has 0 aliphatic carbocycles. The molecule has 2 aromatic rings. The fourth-order valence-electron chi connectivity index (χ4n) is 2.38. The minimum absolute atomic E-state index is 0.0523. The number of benzene rings is 1. The molecule has 1 N–H and O–H groups in total. The van der Waals surface area contributed by atoms with Gasteiger partial charge in [0.2, 0.25) is 0 Å². The van der Waals surface area contributed by atoms with Crippen LogP contribution in [0.5, 0.6) is 0 Å². The van der Waals surface area contributed by atoms with Gasteiger partial charge in [-0.3, -0.25) is 10.1 Å². The third-order valence-electron chi connectivity index (χ3n) is 3.55. The molecule has 2 amide bonds. The van der Waals surface area contributed by atoms with Gasteiger partial charge in [-0.2, -0.15) is 5.01 Å². The monoisotopic (exact) mass is 430 g/mol. The van der Waals surface area contributed by atoms with Crippen molar-refractivity contribution >= 4 is 23.7 Å². The summed E-state index contributed by atoms with van der Waals surface area (Å²) < 4.78 is 10.6. The number of anilines is 1. The van der Waals surface area contributed by atoms with Crippen LogP contribution in [0.15, 0.2) is 42.6 Å². The molecule has 0 radical (unpaired) electrons.